The normalized spacial score (nSPS) is 11.1. The Hall–Kier alpha value is -2.53. The highest BCUT2D eigenvalue weighted by Crippen LogP contribution is 2.37. The second kappa shape index (κ2) is 8.23. The average molecular weight is 414 g/mol. The van der Waals surface area contributed by atoms with Gasteiger partial charge in [0.25, 0.3) is 0 Å². The summed E-state index contributed by atoms with van der Waals surface area (Å²) in [6, 6.07) is 13.9. The highest BCUT2D eigenvalue weighted by atomic mass is 79.9. The van der Waals surface area contributed by atoms with Gasteiger partial charge >= 0.3 is 0 Å². The Kier molecular flexibility index (Phi) is 5.78. The van der Waals surface area contributed by atoms with Gasteiger partial charge in [-0.2, -0.15) is 0 Å². The van der Waals surface area contributed by atoms with Gasteiger partial charge in [0.05, 0.1) is 31.0 Å². The van der Waals surface area contributed by atoms with Crippen LogP contribution < -0.4 is 14.2 Å². The Morgan fingerprint density at radius 2 is 1.81 bits per heavy atom. The van der Waals surface area contributed by atoms with Crippen molar-refractivity contribution < 1.29 is 14.2 Å². The molecule has 0 fully saturated rings. The second-order valence-electron chi connectivity index (χ2n) is 5.57. The minimum absolute atomic E-state index is 0.576. The number of fused-ring (bicyclic) bond motifs is 1. The van der Waals surface area contributed by atoms with Gasteiger partial charge in [0, 0.05) is 5.39 Å². The van der Waals surface area contributed by atoms with Crippen LogP contribution in [0.15, 0.2) is 46.9 Å². The lowest BCUT2D eigenvalue weighted by Crippen LogP contribution is -1.96. The number of nitrogens with zero attached hydrogens (tertiary/aromatic N) is 1. The van der Waals surface area contributed by atoms with Crippen molar-refractivity contribution in [3.63, 3.8) is 0 Å². The van der Waals surface area contributed by atoms with Crippen molar-refractivity contribution in [2.24, 2.45) is 0 Å². The molecule has 0 N–H and O–H groups in total. The first-order chi connectivity index (χ1) is 12.7. The first-order valence-electron chi connectivity index (χ1n) is 8.28. The zero-order valence-electron chi connectivity index (χ0n) is 15.0. The van der Waals surface area contributed by atoms with Crippen LogP contribution in [0.25, 0.3) is 23.1 Å². The second-order valence-corrected chi connectivity index (χ2v) is 6.42. The monoisotopic (exact) mass is 413 g/mol. The molecular formula is C21H20BrNO3. The zero-order valence-corrected chi connectivity index (χ0v) is 16.5. The molecule has 2 aromatic carbocycles. The Morgan fingerprint density at radius 1 is 1.00 bits per heavy atom. The number of pyridine rings is 1. The molecule has 0 aliphatic carbocycles. The molecule has 0 spiro atoms. The van der Waals surface area contributed by atoms with Crippen LogP contribution in [0.1, 0.15) is 18.2 Å². The molecule has 5 heteroatoms. The minimum atomic E-state index is 0.576. The molecule has 0 unspecified atom stereocenters. The predicted molar refractivity (Wildman–Crippen MR) is 109 cm³/mol. The smallest absolute Gasteiger partial charge is 0.175 e. The minimum Gasteiger partial charge on any atom is -0.494 e. The first kappa shape index (κ1) is 18.3. The van der Waals surface area contributed by atoms with Crippen LogP contribution in [0.3, 0.4) is 0 Å². The Morgan fingerprint density at radius 3 is 2.54 bits per heavy atom. The molecule has 1 heterocycles. The summed E-state index contributed by atoms with van der Waals surface area (Å²) in [6.45, 7) is 2.52. The summed E-state index contributed by atoms with van der Waals surface area (Å²) in [5, 5.41) is 1.05. The van der Waals surface area contributed by atoms with Crippen molar-refractivity contribution >= 4 is 39.0 Å². The fourth-order valence-electron chi connectivity index (χ4n) is 2.69. The third kappa shape index (κ3) is 3.83. The van der Waals surface area contributed by atoms with Gasteiger partial charge in [0.15, 0.2) is 11.5 Å². The van der Waals surface area contributed by atoms with Gasteiger partial charge in [-0.15, -0.1) is 0 Å². The molecule has 3 aromatic rings. The Labute approximate surface area is 161 Å². The van der Waals surface area contributed by atoms with Gasteiger partial charge < -0.3 is 14.2 Å². The van der Waals surface area contributed by atoms with E-state index in [1.807, 2.05) is 61.5 Å². The van der Waals surface area contributed by atoms with Crippen LogP contribution in [0.4, 0.5) is 0 Å². The molecule has 0 aliphatic rings. The van der Waals surface area contributed by atoms with Crippen molar-refractivity contribution in [3.8, 4) is 17.2 Å². The van der Waals surface area contributed by atoms with E-state index in [9.17, 15) is 0 Å². The summed E-state index contributed by atoms with van der Waals surface area (Å²) < 4.78 is 17.3. The van der Waals surface area contributed by atoms with Crippen molar-refractivity contribution in [1.82, 2.24) is 4.98 Å². The van der Waals surface area contributed by atoms with E-state index in [1.165, 1.54) is 0 Å². The van der Waals surface area contributed by atoms with Crippen LogP contribution in [0, 0.1) is 0 Å². The Bertz CT molecular complexity index is 953. The summed E-state index contributed by atoms with van der Waals surface area (Å²) in [6.07, 6.45) is 3.96. The summed E-state index contributed by atoms with van der Waals surface area (Å²) >= 11 is 3.55. The lowest BCUT2D eigenvalue weighted by molar-refractivity contribution is 0.309. The summed E-state index contributed by atoms with van der Waals surface area (Å²) in [4.78, 5) is 4.69. The molecule has 0 radical (unpaired) electrons. The van der Waals surface area contributed by atoms with Crippen LogP contribution in [0.2, 0.25) is 0 Å². The molecular weight excluding hydrogens is 394 g/mol. The third-order valence-corrected chi connectivity index (χ3v) is 4.50. The van der Waals surface area contributed by atoms with E-state index in [0.717, 1.165) is 32.4 Å². The number of benzene rings is 2. The van der Waals surface area contributed by atoms with Crippen LogP contribution in [0.5, 0.6) is 17.2 Å². The van der Waals surface area contributed by atoms with Gasteiger partial charge in [-0.1, -0.05) is 24.3 Å². The molecule has 1 aromatic heterocycles. The van der Waals surface area contributed by atoms with Gasteiger partial charge in [-0.25, -0.2) is 4.98 Å². The van der Waals surface area contributed by atoms with Crippen molar-refractivity contribution in [3.05, 3.63) is 58.2 Å². The van der Waals surface area contributed by atoms with Gasteiger partial charge in [0.2, 0.25) is 0 Å². The molecule has 134 valence electrons. The number of methoxy groups -OCH3 is 2. The molecule has 0 amide bonds. The van der Waals surface area contributed by atoms with Crippen molar-refractivity contribution in [1.29, 1.82) is 0 Å². The van der Waals surface area contributed by atoms with Crippen molar-refractivity contribution in [2.45, 2.75) is 6.92 Å². The standard InChI is InChI=1S/C21H20BrNO3/c1-4-26-21-17(22)12-14(13-19(21)25-3)8-10-16-11-9-15-6-5-7-18(24-2)20(15)23-16/h5-13H,4H2,1-3H3/b10-8+. The lowest BCUT2D eigenvalue weighted by Gasteiger charge is -2.12. The van der Waals surface area contributed by atoms with E-state index in [0.29, 0.717) is 18.1 Å². The van der Waals surface area contributed by atoms with Crippen molar-refractivity contribution in [2.75, 3.05) is 20.8 Å². The number of aromatic nitrogens is 1. The first-order valence-corrected chi connectivity index (χ1v) is 9.07. The van der Waals surface area contributed by atoms with Gasteiger partial charge in [-0.3, -0.25) is 0 Å². The van der Waals surface area contributed by atoms with Crippen LogP contribution in [-0.4, -0.2) is 25.8 Å². The molecule has 0 saturated carbocycles. The van der Waals surface area contributed by atoms with E-state index in [4.69, 9.17) is 19.2 Å². The van der Waals surface area contributed by atoms with Crippen LogP contribution in [-0.2, 0) is 0 Å². The number of rotatable bonds is 6. The molecule has 0 aliphatic heterocycles. The average Bonchev–Trinajstić information content (AvgIpc) is 2.67. The number of hydrogen-bond acceptors (Lipinski definition) is 4. The maximum atomic E-state index is 5.63. The molecule has 0 saturated heterocycles. The summed E-state index contributed by atoms with van der Waals surface area (Å²) in [5.74, 6) is 2.16. The zero-order chi connectivity index (χ0) is 18.5. The summed E-state index contributed by atoms with van der Waals surface area (Å²) in [7, 11) is 3.29. The molecule has 3 rings (SSSR count). The predicted octanol–water partition coefficient (Wildman–Crippen LogP) is 5.58. The fourth-order valence-corrected chi connectivity index (χ4v) is 3.27. The SMILES string of the molecule is CCOc1c(Br)cc(/C=C/c2ccc3cccc(OC)c3n2)cc1OC. The van der Waals surface area contributed by atoms with E-state index in [1.54, 1.807) is 14.2 Å². The third-order valence-electron chi connectivity index (χ3n) is 3.91. The maximum Gasteiger partial charge on any atom is 0.175 e. The number of para-hydroxylation sites is 1. The van der Waals surface area contributed by atoms with Gasteiger partial charge in [0.1, 0.15) is 11.3 Å². The highest BCUT2D eigenvalue weighted by molar-refractivity contribution is 9.10. The summed E-state index contributed by atoms with van der Waals surface area (Å²) in [5.41, 5.74) is 2.69. The van der Waals surface area contributed by atoms with E-state index in [-0.39, 0.29) is 0 Å². The van der Waals surface area contributed by atoms with E-state index < -0.39 is 0 Å². The Balaban J connectivity index is 1.95. The topological polar surface area (TPSA) is 40.6 Å². The number of ether oxygens (including phenoxy) is 3. The number of hydrogen-bond donors (Lipinski definition) is 0. The molecule has 4 nitrogen and oxygen atoms in total. The largest absolute Gasteiger partial charge is 0.494 e. The number of halogens is 1. The highest BCUT2D eigenvalue weighted by Gasteiger charge is 2.10. The fraction of sp³-hybridized carbons (Fsp3) is 0.190. The molecule has 26 heavy (non-hydrogen) atoms. The molecule has 0 atom stereocenters. The van der Waals surface area contributed by atoms with E-state index >= 15 is 0 Å². The van der Waals surface area contributed by atoms with E-state index in [2.05, 4.69) is 15.9 Å². The van der Waals surface area contributed by atoms with Crippen LogP contribution >= 0.6 is 15.9 Å². The maximum absolute atomic E-state index is 5.63. The molecule has 0 bridgehead atoms. The van der Waals surface area contributed by atoms with Gasteiger partial charge in [-0.05, 0) is 58.8 Å². The quantitative estimate of drug-likeness (QED) is 0.528. The lowest BCUT2D eigenvalue weighted by atomic mass is 10.1.